The summed E-state index contributed by atoms with van der Waals surface area (Å²) in [6.07, 6.45) is 0.517. The highest BCUT2D eigenvalue weighted by molar-refractivity contribution is 7.79. The van der Waals surface area contributed by atoms with Gasteiger partial charge in [-0.15, -0.1) is 0 Å². The lowest BCUT2D eigenvalue weighted by Crippen LogP contribution is -2.73. The monoisotopic (exact) mass is 272 g/mol. The summed E-state index contributed by atoms with van der Waals surface area (Å²) in [5.41, 5.74) is -1.82. The van der Waals surface area contributed by atoms with E-state index in [1.807, 2.05) is 0 Å². The van der Waals surface area contributed by atoms with Crippen LogP contribution < -0.4 is 5.32 Å². The van der Waals surface area contributed by atoms with Gasteiger partial charge < -0.3 is 5.32 Å². The van der Waals surface area contributed by atoms with Crippen LogP contribution in [0, 0.1) is 5.92 Å². The number of nitrogens with one attached hydrogen (secondary N) is 1. The maximum atomic E-state index is 11.9. The molecule has 0 saturated carbocycles. The SMILES string of the molecule is CCC(C)C12NC(=O)N=C1C(=O)N(S)C(=O)N2O. The van der Waals surface area contributed by atoms with E-state index in [4.69, 9.17) is 0 Å². The molecule has 1 fully saturated rings. The Morgan fingerprint density at radius 1 is 1.50 bits per heavy atom. The van der Waals surface area contributed by atoms with Crippen LogP contribution >= 0.6 is 12.8 Å². The summed E-state index contributed by atoms with van der Waals surface area (Å²) in [7, 11) is 0. The quantitative estimate of drug-likeness (QED) is 0.500. The van der Waals surface area contributed by atoms with Crippen molar-refractivity contribution in [3.8, 4) is 0 Å². The highest BCUT2D eigenvalue weighted by Crippen LogP contribution is 2.34. The number of thiol groups is 1. The van der Waals surface area contributed by atoms with Gasteiger partial charge in [0.25, 0.3) is 5.91 Å². The molecule has 2 rings (SSSR count). The first kappa shape index (κ1) is 12.8. The summed E-state index contributed by atoms with van der Waals surface area (Å²) in [6.45, 7) is 3.50. The Bertz CT molecular complexity index is 479. The molecule has 0 aromatic rings. The average Bonchev–Trinajstić information content (AvgIpc) is 2.71. The van der Waals surface area contributed by atoms with Crippen molar-refractivity contribution in [2.45, 2.75) is 25.9 Å². The van der Waals surface area contributed by atoms with E-state index in [1.54, 1.807) is 13.8 Å². The van der Waals surface area contributed by atoms with E-state index in [-0.39, 0.29) is 11.6 Å². The van der Waals surface area contributed by atoms with Crippen LogP contribution in [0.1, 0.15) is 20.3 Å². The van der Waals surface area contributed by atoms with Crippen LogP contribution in [0.15, 0.2) is 4.99 Å². The predicted octanol–water partition coefficient (Wildman–Crippen LogP) is 0.391. The molecule has 2 heterocycles. The summed E-state index contributed by atoms with van der Waals surface area (Å²) >= 11 is 3.67. The zero-order valence-electron chi connectivity index (χ0n) is 9.75. The summed E-state index contributed by atoms with van der Waals surface area (Å²) in [5.74, 6) is -1.20. The fraction of sp³-hybridized carbons (Fsp3) is 0.556. The van der Waals surface area contributed by atoms with E-state index in [0.29, 0.717) is 15.8 Å². The molecule has 0 spiro atoms. The van der Waals surface area contributed by atoms with Crippen LogP contribution in [-0.4, -0.2) is 43.9 Å². The van der Waals surface area contributed by atoms with E-state index in [1.165, 1.54) is 0 Å². The number of nitrogens with zero attached hydrogens (tertiary/aromatic N) is 3. The molecule has 2 N–H and O–H groups in total. The van der Waals surface area contributed by atoms with Gasteiger partial charge in [-0.2, -0.15) is 14.4 Å². The summed E-state index contributed by atoms with van der Waals surface area (Å²) < 4.78 is 0.416. The summed E-state index contributed by atoms with van der Waals surface area (Å²) in [6, 6.07) is -1.79. The van der Waals surface area contributed by atoms with Crippen molar-refractivity contribution in [2.24, 2.45) is 10.9 Å². The van der Waals surface area contributed by atoms with Gasteiger partial charge >= 0.3 is 12.1 Å². The third-order valence-corrected chi connectivity index (χ3v) is 3.64. The largest absolute Gasteiger partial charge is 0.363 e. The highest BCUT2D eigenvalue weighted by atomic mass is 32.1. The number of hydroxylamine groups is 2. The number of hydrogen-bond donors (Lipinski definition) is 3. The Kier molecular flexibility index (Phi) is 2.82. The number of carbonyl (C=O) groups excluding carboxylic acids is 3. The van der Waals surface area contributed by atoms with Crippen LogP contribution in [0.5, 0.6) is 0 Å². The zero-order valence-corrected chi connectivity index (χ0v) is 10.6. The number of carbonyl (C=O) groups is 3. The molecule has 8 nitrogen and oxygen atoms in total. The molecule has 9 heteroatoms. The van der Waals surface area contributed by atoms with Crippen molar-refractivity contribution in [1.29, 1.82) is 0 Å². The lowest BCUT2D eigenvalue weighted by atomic mass is 9.86. The molecule has 1 saturated heterocycles. The van der Waals surface area contributed by atoms with Gasteiger partial charge in [0.1, 0.15) is 0 Å². The second kappa shape index (κ2) is 3.95. The molecule has 0 aliphatic carbocycles. The van der Waals surface area contributed by atoms with Gasteiger partial charge in [0.15, 0.2) is 11.4 Å². The first-order chi connectivity index (χ1) is 8.36. The minimum Gasteiger partial charge on any atom is -0.306 e. The molecule has 2 aliphatic rings. The fourth-order valence-electron chi connectivity index (χ4n) is 2.09. The second-order valence-electron chi connectivity index (χ2n) is 4.18. The number of aliphatic imine (C=N–C) groups is 1. The van der Waals surface area contributed by atoms with Gasteiger partial charge in [0.2, 0.25) is 0 Å². The topological polar surface area (TPSA) is 102 Å². The Morgan fingerprint density at radius 2 is 2.11 bits per heavy atom. The minimum atomic E-state index is -1.60. The van der Waals surface area contributed by atoms with Gasteiger partial charge in [0, 0.05) is 5.92 Å². The van der Waals surface area contributed by atoms with E-state index in [2.05, 4.69) is 23.1 Å². The number of fused-ring (bicyclic) bond motifs is 1. The smallest absolute Gasteiger partial charge is 0.306 e. The Labute approximate surface area is 108 Å². The maximum absolute atomic E-state index is 11.9. The number of rotatable bonds is 2. The van der Waals surface area contributed by atoms with E-state index < -0.39 is 23.6 Å². The third-order valence-electron chi connectivity index (χ3n) is 3.29. The number of hydrogen-bond acceptors (Lipinski definition) is 5. The molecule has 2 unspecified atom stereocenters. The Morgan fingerprint density at radius 3 is 2.67 bits per heavy atom. The molecule has 98 valence electrons. The van der Waals surface area contributed by atoms with Crippen LogP contribution in [-0.2, 0) is 4.79 Å². The first-order valence-electron chi connectivity index (χ1n) is 5.34. The lowest BCUT2D eigenvalue weighted by Gasteiger charge is -2.44. The molecular formula is C9H12N4O4S. The standard InChI is InChI=1S/C9H12N4O4S/c1-3-4(2)9-5(10-7(15)11-9)6(14)12(18)8(16)13(9)17/h4,17-18H,3H2,1-2H3,(H,11,15). The van der Waals surface area contributed by atoms with Gasteiger partial charge in [-0.3, -0.25) is 10.0 Å². The van der Waals surface area contributed by atoms with Crippen molar-refractivity contribution >= 4 is 36.5 Å². The van der Waals surface area contributed by atoms with E-state index in [0.717, 1.165) is 0 Å². The molecule has 2 aliphatic heterocycles. The Balaban J connectivity index is 2.60. The second-order valence-corrected chi connectivity index (χ2v) is 4.58. The number of imide groups is 1. The highest BCUT2D eigenvalue weighted by Gasteiger charge is 2.61. The molecular weight excluding hydrogens is 260 g/mol. The van der Waals surface area contributed by atoms with Crippen LogP contribution in [0.3, 0.4) is 0 Å². The molecule has 0 aromatic carbocycles. The van der Waals surface area contributed by atoms with E-state index in [9.17, 15) is 19.6 Å². The molecule has 2 atom stereocenters. The molecule has 0 aromatic heterocycles. The van der Waals surface area contributed by atoms with Crippen molar-refractivity contribution in [3.05, 3.63) is 0 Å². The number of urea groups is 2. The maximum Gasteiger partial charge on any atom is 0.363 e. The van der Waals surface area contributed by atoms with Crippen LogP contribution in [0.4, 0.5) is 9.59 Å². The predicted molar refractivity (Wildman–Crippen MR) is 63.0 cm³/mol. The molecule has 5 amide bonds. The summed E-state index contributed by atoms with van der Waals surface area (Å²) in [4.78, 5) is 38.5. The average molecular weight is 272 g/mol. The summed E-state index contributed by atoms with van der Waals surface area (Å²) in [5, 5.41) is 12.6. The van der Waals surface area contributed by atoms with Gasteiger partial charge in [-0.1, -0.05) is 26.7 Å². The zero-order chi connectivity index (χ0) is 13.7. The normalized spacial score (nSPS) is 29.1. The van der Waals surface area contributed by atoms with Gasteiger partial charge in [-0.25, -0.2) is 9.59 Å². The molecule has 0 radical (unpaired) electrons. The minimum absolute atomic E-state index is 0.223. The van der Waals surface area contributed by atoms with Crippen LogP contribution in [0.25, 0.3) is 0 Å². The lowest BCUT2D eigenvalue weighted by molar-refractivity contribution is -0.147. The van der Waals surface area contributed by atoms with Gasteiger partial charge in [-0.05, 0) is 6.42 Å². The molecule has 18 heavy (non-hydrogen) atoms. The van der Waals surface area contributed by atoms with Gasteiger partial charge in [0.05, 0.1) is 0 Å². The van der Waals surface area contributed by atoms with Crippen molar-refractivity contribution in [3.63, 3.8) is 0 Å². The van der Waals surface area contributed by atoms with Crippen molar-refractivity contribution < 1.29 is 19.6 Å². The van der Waals surface area contributed by atoms with Crippen molar-refractivity contribution in [1.82, 2.24) is 14.7 Å². The first-order valence-corrected chi connectivity index (χ1v) is 5.74. The number of amides is 5. The molecule has 0 bridgehead atoms. The van der Waals surface area contributed by atoms with Crippen molar-refractivity contribution in [2.75, 3.05) is 0 Å². The Hall–Kier alpha value is -1.61. The fourth-order valence-corrected chi connectivity index (χ4v) is 2.27. The van der Waals surface area contributed by atoms with Crippen LogP contribution in [0.2, 0.25) is 0 Å². The third kappa shape index (κ3) is 1.37. The van der Waals surface area contributed by atoms with E-state index >= 15 is 0 Å².